The molecule has 1 aromatic rings. The molecule has 0 atom stereocenters. The average Bonchev–Trinajstić information content (AvgIpc) is 2.50. The molecule has 0 saturated carbocycles. The van der Waals surface area contributed by atoms with E-state index >= 15 is 0 Å². The predicted octanol–water partition coefficient (Wildman–Crippen LogP) is 2.54. The Hall–Kier alpha value is -1.40. The Bertz CT molecular complexity index is 516. The normalized spacial score (nSPS) is 10.6. The van der Waals surface area contributed by atoms with Gasteiger partial charge in [0.05, 0.1) is 5.69 Å². The summed E-state index contributed by atoms with van der Waals surface area (Å²) in [5.74, 6) is -1.25. The molecule has 2 N–H and O–H groups in total. The highest BCUT2D eigenvalue weighted by Gasteiger charge is 2.14. The van der Waals surface area contributed by atoms with Crippen LogP contribution in [-0.2, 0) is 9.59 Å². The highest BCUT2D eigenvalue weighted by Crippen LogP contribution is 2.23. The van der Waals surface area contributed by atoms with E-state index in [0.717, 1.165) is 36.1 Å². The fourth-order valence-corrected chi connectivity index (χ4v) is 2.62. The Morgan fingerprint density at radius 3 is 2.45 bits per heavy atom. The van der Waals surface area contributed by atoms with Gasteiger partial charge in [0.2, 0.25) is 0 Å². The minimum absolute atomic E-state index is 0.498. The zero-order valence-corrected chi connectivity index (χ0v) is 15.0. The standard InChI is InChI=1S/C16H24BrN3O2/c1-4-20(5-2)10-6-9-18-15(21)16(22)19-14-8-7-12(3)11-13(14)17/h7-8,11H,4-6,9-10H2,1-3H3,(H,18,21)(H,19,22). The maximum Gasteiger partial charge on any atom is 0.313 e. The van der Waals surface area contributed by atoms with Crippen molar-refractivity contribution in [2.45, 2.75) is 27.2 Å². The Labute approximate surface area is 140 Å². The molecular weight excluding hydrogens is 346 g/mol. The molecule has 0 heterocycles. The van der Waals surface area contributed by atoms with Crippen LogP contribution in [0.4, 0.5) is 5.69 Å². The van der Waals surface area contributed by atoms with Crippen molar-refractivity contribution >= 4 is 33.4 Å². The minimum Gasteiger partial charge on any atom is -0.348 e. The summed E-state index contributed by atoms with van der Waals surface area (Å²) in [6.07, 6.45) is 0.828. The summed E-state index contributed by atoms with van der Waals surface area (Å²) >= 11 is 3.37. The van der Waals surface area contributed by atoms with Gasteiger partial charge < -0.3 is 15.5 Å². The summed E-state index contributed by atoms with van der Waals surface area (Å²) in [5, 5.41) is 5.25. The van der Waals surface area contributed by atoms with Crippen molar-refractivity contribution in [3.8, 4) is 0 Å². The van der Waals surface area contributed by atoms with Crippen LogP contribution in [0, 0.1) is 6.92 Å². The predicted molar refractivity (Wildman–Crippen MR) is 92.9 cm³/mol. The molecule has 0 unspecified atom stereocenters. The van der Waals surface area contributed by atoms with E-state index in [1.807, 2.05) is 19.1 Å². The van der Waals surface area contributed by atoms with Crippen molar-refractivity contribution in [3.05, 3.63) is 28.2 Å². The lowest BCUT2D eigenvalue weighted by Gasteiger charge is -2.17. The van der Waals surface area contributed by atoms with E-state index in [4.69, 9.17) is 0 Å². The van der Waals surface area contributed by atoms with Gasteiger partial charge in [-0.2, -0.15) is 0 Å². The van der Waals surface area contributed by atoms with E-state index < -0.39 is 11.8 Å². The van der Waals surface area contributed by atoms with Crippen molar-refractivity contribution in [1.29, 1.82) is 0 Å². The van der Waals surface area contributed by atoms with Crippen molar-refractivity contribution < 1.29 is 9.59 Å². The van der Waals surface area contributed by atoms with Crippen LogP contribution in [0.1, 0.15) is 25.8 Å². The van der Waals surface area contributed by atoms with Gasteiger partial charge in [-0.3, -0.25) is 9.59 Å². The summed E-state index contributed by atoms with van der Waals surface area (Å²) in [7, 11) is 0. The van der Waals surface area contributed by atoms with Crippen molar-refractivity contribution in [2.24, 2.45) is 0 Å². The smallest absolute Gasteiger partial charge is 0.313 e. The largest absolute Gasteiger partial charge is 0.348 e. The molecule has 0 aliphatic rings. The first kappa shape index (κ1) is 18.6. The lowest BCUT2D eigenvalue weighted by atomic mass is 10.2. The molecule has 0 radical (unpaired) electrons. The number of carbonyl (C=O) groups excluding carboxylic acids is 2. The van der Waals surface area contributed by atoms with Gasteiger partial charge in [0, 0.05) is 11.0 Å². The number of rotatable bonds is 7. The van der Waals surface area contributed by atoms with Crippen LogP contribution in [0.2, 0.25) is 0 Å². The van der Waals surface area contributed by atoms with Crippen molar-refractivity contribution in [3.63, 3.8) is 0 Å². The number of nitrogens with zero attached hydrogens (tertiary/aromatic N) is 1. The van der Waals surface area contributed by atoms with Gasteiger partial charge in [-0.25, -0.2) is 0 Å². The quantitative estimate of drug-likeness (QED) is 0.573. The molecule has 6 heteroatoms. The van der Waals surface area contributed by atoms with Crippen LogP contribution in [0.15, 0.2) is 22.7 Å². The van der Waals surface area contributed by atoms with Gasteiger partial charge in [-0.1, -0.05) is 19.9 Å². The number of amides is 2. The van der Waals surface area contributed by atoms with E-state index in [0.29, 0.717) is 12.2 Å². The molecule has 0 fully saturated rings. The van der Waals surface area contributed by atoms with Gasteiger partial charge in [0.25, 0.3) is 0 Å². The third-order valence-corrected chi connectivity index (χ3v) is 4.07. The zero-order valence-electron chi connectivity index (χ0n) is 13.4. The number of hydrogen-bond acceptors (Lipinski definition) is 3. The molecule has 22 heavy (non-hydrogen) atoms. The lowest BCUT2D eigenvalue weighted by molar-refractivity contribution is -0.136. The Morgan fingerprint density at radius 2 is 1.86 bits per heavy atom. The second-order valence-electron chi connectivity index (χ2n) is 5.07. The number of anilines is 1. The first-order valence-corrected chi connectivity index (χ1v) is 8.34. The van der Waals surface area contributed by atoms with Crippen LogP contribution in [0.25, 0.3) is 0 Å². The first-order valence-electron chi connectivity index (χ1n) is 7.55. The number of aryl methyl sites for hydroxylation is 1. The zero-order chi connectivity index (χ0) is 16.5. The number of nitrogens with one attached hydrogen (secondary N) is 2. The molecule has 1 rings (SSSR count). The first-order chi connectivity index (χ1) is 10.5. The van der Waals surface area contributed by atoms with E-state index in [2.05, 4.69) is 45.3 Å². The maximum atomic E-state index is 11.8. The number of halogens is 1. The number of carbonyl (C=O) groups is 2. The van der Waals surface area contributed by atoms with Crippen LogP contribution >= 0.6 is 15.9 Å². The fourth-order valence-electron chi connectivity index (χ4n) is 2.03. The van der Waals surface area contributed by atoms with Gasteiger partial charge >= 0.3 is 11.8 Å². The van der Waals surface area contributed by atoms with Crippen LogP contribution in [0.3, 0.4) is 0 Å². The summed E-state index contributed by atoms with van der Waals surface area (Å²) in [6, 6.07) is 5.53. The molecular formula is C16H24BrN3O2. The molecule has 0 aliphatic carbocycles. The van der Waals surface area contributed by atoms with Crippen LogP contribution in [0.5, 0.6) is 0 Å². The van der Waals surface area contributed by atoms with Gasteiger partial charge in [-0.15, -0.1) is 0 Å². The highest BCUT2D eigenvalue weighted by atomic mass is 79.9. The second kappa shape index (κ2) is 9.58. The molecule has 0 saturated heterocycles. The Kier molecular flexibility index (Phi) is 8.12. The summed E-state index contributed by atoms with van der Waals surface area (Å²) in [5.41, 5.74) is 1.67. The van der Waals surface area contributed by atoms with Gasteiger partial charge in [-0.05, 0) is 66.6 Å². The SMILES string of the molecule is CCN(CC)CCCNC(=O)C(=O)Nc1ccc(C)cc1Br. The Balaban J connectivity index is 2.37. The highest BCUT2D eigenvalue weighted by molar-refractivity contribution is 9.10. The summed E-state index contributed by atoms with van der Waals surface area (Å²) in [4.78, 5) is 25.9. The second-order valence-corrected chi connectivity index (χ2v) is 5.93. The summed E-state index contributed by atoms with van der Waals surface area (Å²) in [6.45, 7) is 9.57. The molecule has 1 aromatic carbocycles. The molecule has 122 valence electrons. The average molecular weight is 370 g/mol. The monoisotopic (exact) mass is 369 g/mol. The Morgan fingerprint density at radius 1 is 1.18 bits per heavy atom. The van der Waals surface area contributed by atoms with Crippen LogP contribution < -0.4 is 10.6 Å². The molecule has 0 spiro atoms. The fraction of sp³-hybridized carbons (Fsp3) is 0.500. The molecule has 5 nitrogen and oxygen atoms in total. The number of hydrogen-bond donors (Lipinski definition) is 2. The third-order valence-electron chi connectivity index (χ3n) is 3.41. The lowest BCUT2D eigenvalue weighted by Crippen LogP contribution is -2.37. The van der Waals surface area contributed by atoms with E-state index in [1.54, 1.807) is 6.07 Å². The molecule has 0 aromatic heterocycles. The van der Waals surface area contributed by atoms with E-state index in [9.17, 15) is 9.59 Å². The van der Waals surface area contributed by atoms with Crippen molar-refractivity contribution in [2.75, 3.05) is 31.5 Å². The summed E-state index contributed by atoms with van der Waals surface area (Å²) < 4.78 is 0.759. The number of benzene rings is 1. The minimum atomic E-state index is -0.646. The van der Waals surface area contributed by atoms with Crippen molar-refractivity contribution in [1.82, 2.24) is 10.2 Å². The molecule has 0 bridgehead atoms. The molecule has 0 aliphatic heterocycles. The van der Waals surface area contributed by atoms with E-state index in [-0.39, 0.29) is 0 Å². The van der Waals surface area contributed by atoms with E-state index in [1.165, 1.54) is 0 Å². The third kappa shape index (κ3) is 6.15. The molecule has 2 amide bonds. The maximum absolute atomic E-state index is 11.8. The van der Waals surface area contributed by atoms with Gasteiger partial charge in [0.1, 0.15) is 0 Å². The van der Waals surface area contributed by atoms with Gasteiger partial charge in [0.15, 0.2) is 0 Å². The van der Waals surface area contributed by atoms with Crippen LogP contribution in [-0.4, -0.2) is 42.9 Å². The topological polar surface area (TPSA) is 61.4 Å².